The van der Waals surface area contributed by atoms with E-state index >= 15 is 0 Å². The van der Waals surface area contributed by atoms with Crippen LogP contribution >= 0.6 is 12.2 Å². The maximum atomic E-state index is 12.7. The molecule has 0 spiro atoms. The van der Waals surface area contributed by atoms with Gasteiger partial charge in [-0.1, -0.05) is 24.3 Å². The lowest BCUT2D eigenvalue weighted by atomic mass is 10.2. The van der Waals surface area contributed by atoms with Crippen LogP contribution in [0.15, 0.2) is 83.8 Å². The number of nitrogens with one attached hydrogen (secondary N) is 3. The summed E-state index contributed by atoms with van der Waals surface area (Å²) in [4.78, 5) is 12.8. The van der Waals surface area contributed by atoms with Crippen LogP contribution in [-0.2, 0) is 14.8 Å². The minimum atomic E-state index is -3.65. The fourth-order valence-corrected chi connectivity index (χ4v) is 4.99. The number of carbonyl (C=O) groups is 1. The summed E-state index contributed by atoms with van der Waals surface area (Å²) in [5, 5.41) is 5.57. The predicted octanol–water partition coefficient (Wildman–Crippen LogP) is 3.73. The molecule has 1 aliphatic rings. The molecule has 3 aromatic carbocycles. The Morgan fingerprint density at radius 1 is 0.947 bits per heavy atom. The number of para-hydroxylation sites is 1. The molecule has 38 heavy (non-hydrogen) atoms. The topological polar surface area (TPSA) is 115 Å². The molecule has 1 heterocycles. The van der Waals surface area contributed by atoms with E-state index < -0.39 is 15.9 Å². The van der Waals surface area contributed by atoms with E-state index in [0.717, 1.165) is 18.6 Å². The minimum Gasteiger partial charge on any atom is -0.490 e. The highest BCUT2D eigenvalue weighted by Crippen LogP contribution is 2.17. The summed E-state index contributed by atoms with van der Waals surface area (Å²) in [5.74, 6) is 0.872. The number of benzene rings is 3. The number of anilines is 1. The fourth-order valence-electron chi connectivity index (χ4n) is 3.71. The summed E-state index contributed by atoms with van der Waals surface area (Å²) in [6.07, 6.45) is 1.69. The Kier molecular flexibility index (Phi) is 9.66. The standard InChI is InChI=1S/C27H29N3O6S2/c31-26(20-6-4-9-23(18-20)36-17-16-35-22-7-2-1-3-8-22)30-27(37)29-21-11-13-25(14-12-21)38(32,33)28-19-24-10-5-15-34-24/h1-4,6-9,11-14,18,24,28H,5,10,15-17,19H2,(H2,29,30,31,37). The van der Waals surface area contributed by atoms with E-state index in [1.54, 1.807) is 36.4 Å². The second-order valence-corrected chi connectivity index (χ2v) is 10.6. The van der Waals surface area contributed by atoms with Crippen molar-refractivity contribution >= 4 is 38.9 Å². The van der Waals surface area contributed by atoms with Gasteiger partial charge in [-0.15, -0.1) is 0 Å². The molecule has 1 aliphatic heterocycles. The molecule has 9 nitrogen and oxygen atoms in total. The van der Waals surface area contributed by atoms with Gasteiger partial charge in [0.15, 0.2) is 5.11 Å². The average molecular weight is 556 g/mol. The van der Waals surface area contributed by atoms with E-state index in [0.29, 0.717) is 36.8 Å². The molecule has 0 aromatic heterocycles. The molecule has 4 rings (SSSR count). The Morgan fingerprint density at radius 2 is 1.66 bits per heavy atom. The van der Waals surface area contributed by atoms with Gasteiger partial charge >= 0.3 is 0 Å². The molecule has 11 heteroatoms. The van der Waals surface area contributed by atoms with Crippen LogP contribution in [-0.4, -0.2) is 51.9 Å². The highest BCUT2D eigenvalue weighted by Gasteiger charge is 2.20. The number of hydrogen-bond acceptors (Lipinski definition) is 7. The van der Waals surface area contributed by atoms with Gasteiger partial charge in [0, 0.05) is 24.4 Å². The first-order chi connectivity index (χ1) is 18.4. The molecule has 0 aliphatic carbocycles. The molecule has 3 N–H and O–H groups in total. The summed E-state index contributed by atoms with van der Waals surface area (Å²) < 4.78 is 44.4. The van der Waals surface area contributed by atoms with E-state index in [-0.39, 0.29) is 22.7 Å². The van der Waals surface area contributed by atoms with Crippen molar-refractivity contribution in [1.82, 2.24) is 10.0 Å². The Morgan fingerprint density at radius 3 is 2.37 bits per heavy atom. The second-order valence-electron chi connectivity index (χ2n) is 8.46. The first kappa shape index (κ1) is 27.5. The third kappa shape index (κ3) is 8.25. The normalized spacial score (nSPS) is 15.0. The van der Waals surface area contributed by atoms with E-state index in [1.807, 2.05) is 30.3 Å². The summed E-state index contributed by atoms with van der Waals surface area (Å²) >= 11 is 5.25. The van der Waals surface area contributed by atoms with Crippen molar-refractivity contribution in [3.8, 4) is 11.5 Å². The summed E-state index contributed by atoms with van der Waals surface area (Å²) in [7, 11) is -3.65. The summed E-state index contributed by atoms with van der Waals surface area (Å²) in [6, 6.07) is 22.2. The summed E-state index contributed by atoms with van der Waals surface area (Å²) in [6.45, 7) is 1.58. The molecular formula is C27H29N3O6S2. The maximum Gasteiger partial charge on any atom is 0.257 e. The Labute approximate surface area is 227 Å². The SMILES string of the molecule is O=C(NC(=S)Nc1ccc(S(=O)(=O)NCC2CCCO2)cc1)c1cccc(OCCOc2ccccc2)c1. The van der Waals surface area contributed by atoms with Crippen molar-refractivity contribution in [3.05, 3.63) is 84.4 Å². The van der Waals surface area contributed by atoms with Crippen molar-refractivity contribution in [3.63, 3.8) is 0 Å². The zero-order chi connectivity index (χ0) is 26.8. The van der Waals surface area contributed by atoms with Crippen molar-refractivity contribution in [2.24, 2.45) is 0 Å². The Hall–Kier alpha value is -3.51. The smallest absolute Gasteiger partial charge is 0.257 e. The quantitative estimate of drug-likeness (QED) is 0.242. The first-order valence-electron chi connectivity index (χ1n) is 12.1. The highest BCUT2D eigenvalue weighted by atomic mass is 32.2. The molecule has 1 saturated heterocycles. The molecule has 1 atom stereocenters. The number of rotatable bonds is 11. The van der Waals surface area contributed by atoms with E-state index in [1.165, 1.54) is 12.1 Å². The third-order valence-corrected chi connectivity index (χ3v) is 7.28. The molecule has 0 radical (unpaired) electrons. The van der Waals surface area contributed by atoms with Gasteiger partial charge in [0.1, 0.15) is 24.7 Å². The van der Waals surface area contributed by atoms with Crippen LogP contribution < -0.4 is 24.8 Å². The van der Waals surface area contributed by atoms with E-state index in [2.05, 4.69) is 15.4 Å². The summed E-state index contributed by atoms with van der Waals surface area (Å²) in [5.41, 5.74) is 0.901. The molecule has 1 unspecified atom stereocenters. The van der Waals surface area contributed by atoms with Crippen molar-refractivity contribution in [2.45, 2.75) is 23.8 Å². The fraction of sp³-hybridized carbons (Fsp3) is 0.259. The predicted molar refractivity (Wildman–Crippen MR) is 148 cm³/mol. The van der Waals surface area contributed by atoms with Gasteiger partial charge in [-0.3, -0.25) is 10.1 Å². The number of sulfonamides is 1. The molecule has 200 valence electrons. The van der Waals surface area contributed by atoms with Gasteiger partial charge in [-0.25, -0.2) is 13.1 Å². The number of hydrogen-bond donors (Lipinski definition) is 3. The monoisotopic (exact) mass is 555 g/mol. The lowest BCUT2D eigenvalue weighted by molar-refractivity contribution is 0.0977. The van der Waals surface area contributed by atoms with Crippen molar-refractivity contribution < 1.29 is 27.4 Å². The van der Waals surface area contributed by atoms with Crippen LogP contribution in [0, 0.1) is 0 Å². The number of amides is 1. The second kappa shape index (κ2) is 13.3. The molecule has 1 fully saturated rings. The molecule has 0 bridgehead atoms. The van der Waals surface area contributed by atoms with Crippen LogP contribution in [0.1, 0.15) is 23.2 Å². The van der Waals surface area contributed by atoms with Crippen LogP contribution in [0.3, 0.4) is 0 Å². The molecular weight excluding hydrogens is 526 g/mol. The number of carbonyl (C=O) groups excluding carboxylic acids is 1. The maximum absolute atomic E-state index is 12.7. The zero-order valence-electron chi connectivity index (χ0n) is 20.6. The van der Waals surface area contributed by atoms with Crippen LogP contribution in [0.5, 0.6) is 11.5 Å². The van der Waals surface area contributed by atoms with Gasteiger partial charge in [-0.2, -0.15) is 0 Å². The van der Waals surface area contributed by atoms with Crippen molar-refractivity contribution in [1.29, 1.82) is 0 Å². The molecule has 3 aromatic rings. The first-order valence-corrected chi connectivity index (χ1v) is 14.0. The van der Waals surface area contributed by atoms with Crippen LogP contribution in [0.4, 0.5) is 5.69 Å². The third-order valence-electron chi connectivity index (χ3n) is 5.63. The van der Waals surface area contributed by atoms with Gasteiger partial charge in [-0.05, 0) is 79.7 Å². The van der Waals surface area contributed by atoms with Gasteiger partial charge in [0.25, 0.3) is 5.91 Å². The van der Waals surface area contributed by atoms with Crippen LogP contribution in [0.25, 0.3) is 0 Å². The molecule has 0 saturated carbocycles. The van der Waals surface area contributed by atoms with Gasteiger partial charge < -0.3 is 19.5 Å². The minimum absolute atomic E-state index is 0.0738. The molecule has 1 amide bonds. The number of ether oxygens (including phenoxy) is 3. The lowest BCUT2D eigenvalue weighted by Gasteiger charge is -2.13. The Balaban J connectivity index is 1.23. The van der Waals surface area contributed by atoms with Gasteiger partial charge in [0.2, 0.25) is 10.0 Å². The average Bonchev–Trinajstić information content (AvgIpc) is 3.45. The van der Waals surface area contributed by atoms with Crippen molar-refractivity contribution in [2.75, 3.05) is 31.7 Å². The van der Waals surface area contributed by atoms with E-state index in [4.69, 9.17) is 26.4 Å². The van der Waals surface area contributed by atoms with E-state index in [9.17, 15) is 13.2 Å². The lowest BCUT2D eigenvalue weighted by Crippen LogP contribution is -2.34. The number of thiocarbonyl (C=S) groups is 1. The highest BCUT2D eigenvalue weighted by molar-refractivity contribution is 7.89. The Bertz CT molecular complexity index is 1330. The van der Waals surface area contributed by atoms with Crippen LogP contribution in [0.2, 0.25) is 0 Å². The largest absolute Gasteiger partial charge is 0.490 e. The zero-order valence-corrected chi connectivity index (χ0v) is 22.2. The van der Waals surface area contributed by atoms with Gasteiger partial charge in [0.05, 0.1) is 11.0 Å².